The highest BCUT2D eigenvalue weighted by molar-refractivity contribution is 5.59. The van der Waals surface area contributed by atoms with E-state index in [0.717, 1.165) is 11.3 Å². The van der Waals surface area contributed by atoms with Crippen LogP contribution < -0.4 is 9.47 Å². The van der Waals surface area contributed by atoms with Crippen LogP contribution in [0.4, 0.5) is 0 Å². The van der Waals surface area contributed by atoms with Crippen LogP contribution in [0.1, 0.15) is 0 Å². The van der Waals surface area contributed by atoms with Crippen molar-refractivity contribution in [2.24, 2.45) is 0 Å². The zero-order valence-electron chi connectivity index (χ0n) is 14.0. The lowest BCUT2D eigenvalue weighted by Gasteiger charge is -2.39. The molecule has 1 aliphatic rings. The molecule has 2 heterocycles. The summed E-state index contributed by atoms with van der Waals surface area (Å²) in [5.41, 5.74) is 1.44. The summed E-state index contributed by atoms with van der Waals surface area (Å²) < 4.78 is 15.8. The average Bonchev–Trinajstić information content (AvgIpc) is 2.69. The van der Waals surface area contributed by atoms with Crippen LogP contribution in [0.25, 0.3) is 11.3 Å². The van der Waals surface area contributed by atoms with Crippen LogP contribution in [0.3, 0.4) is 0 Å². The Morgan fingerprint density at radius 1 is 0.962 bits per heavy atom. The van der Waals surface area contributed by atoms with Gasteiger partial charge < -0.3 is 34.6 Å². The number of ether oxygens (including phenoxy) is 3. The molecule has 1 aromatic carbocycles. The van der Waals surface area contributed by atoms with Gasteiger partial charge in [0, 0.05) is 11.6 Å². The molecule has 2 aromatic rings. The quantitative estimate of drug-likeness (QED) is 0.545. The molecule has 0 radical (unpaired) electrons. The minimum absolute atomic E-state index is 0.0617. The predicted molar refractivity (Wildman–Crippen MR) is 88.4 cm³/mol. The van der Waals surface area contributed by atoms with Crippen LogP contribution in [0, 0.1) is 0 Å². The SMILES string of the molecule is COc1ccc(-c2ccc(O[C@@H]3O[C@H](CO)[C@@H](O)[C@H](O)[C@H]3O)nn2)cc1. The topological polar surface area (TPSA) is 134 Å². The number of aliphatic hydroxyl groups is 4. The molecule has 0 unspecified atom stereocenters. The maximum Gasteiger partial charge on any atom is 0.235 e. The molecule has 9 nitrogen and oxygen atoms in total. The Kier molecular flexibility index (Phi) is 5.64. The Bertz CT molecular complexity index is 708. The number of hydrogen-bond donors (Lipinski definition) is 4. The molecule has 1 saturated heterocycles. The Morgan fingerprint density at radius 3 is 2.27 bits per heavy atom. The molecule has 3 rings (SSSR count). The highest BCUT2D eigenvalue weighted by atomic mass is 16.7. The average molecular weight is 364 g/mol. The fraction of sp³-hybridized carbons (Fsp3) is 0.412. The summed E-state index contributed by atoms with van der Waals surface area (Å²) in [7, 11) is 1.58. The highest BCUT2D eigenvalue weighted by Gasteiger charge is 2.44. The Balaban J connectivity index is 1.70. The molecule has 1 aromatic heterocycles. The first-order chi connectivity index (χ1) is 12.5. The molecule has 0 aliphatic carbocycles. The zero-order chi connectivity index (χ0) is 18.7. The number of nitrogens with zero attached hydrogens (tertiary/aromatic N) is 2. The Hall–Kier alpha value is -2.30. The molecular weight excluding hydrogens is 344 g/mol. The van der Waals surface area contributed by atoms with Crippen LogP contribution in [-0.2, 0) is 4.74 Å². The van der Waals surface area contributed by atoms with Gasteiger partial charge >= 0.3 is 0 Å². The molecule has 0 saturated carbocycles. The second-order valence-electron chi connectivity index (χ2n) is 5.80. The molecule has 4 N–H and O–H groups in total. The lowest BCUT2D eigenvalue weighted by Crippen LogP contribution is -2.60. The van der Waals surface area contributed by atoms with Gasteiger partial charge in [-0.05, 0) is 30.3 Å². The first kappa shape index (κ1) is 18.5. The highest BCUT2D eigenvalue weighted by Crippen LogP contribution is 2.25. The van der Waals surface area contributed by atoms with Gasteiger partial charge in [0.05, 0.1) is 19.4 Å². The van der Waals surface area contributed by atoms with Crippen LogP contribution in [0.5, 0.6) is 11.6 Å². The molecule has 0 amide bonds. The van der Waals surface area contributed by atoms with Crippen molar-refractivity contribution in [2.75, 3.05) is 13.7 Å². The zero-order valence-corrected chi connectivity index (χ0v) is 14.0. The number of aromatic nitrogens is 2. The first-order valence-corrected chi connectivity index (χ1v) is 7.99. The fourth-order valence-corrected chi connectivity index (χ4v) is 2.58. The Morgan fingerprint density at radius 2 is 1.69 bits per heavy atom. The largest absolute Gasteiger partial charge is 0.497 e. The summed E-state index contributed by atoms with van der Waals surface area (Å²) in [6.45, 7) is -0.535. The van der Waals surface area contributed by atoms with Crippen LogP contribution >= 0.6 is 0 Å². The summed E-state index contributed by atoms with van der Waals surface area (Å²) in [5, 5.41) is 46.6. The van der Waals surface area contributed by atoms with Gasteiger partial charge in [0.15, 0.2) is 0 Å². The van der Waals surface area contributed by atoms with Crippen LogP contribution in [-0.4, -0.2) is 75.0 Å². The van der Waals surface area contributed by atoms with E-state index >= 15 is 0 Å². The van der Waals surface area contributed by atoms with Gasteiger partial charge in [0.2, 0.25) is 12.2 Å². The van der Waals surface area contributed by atoms with Crippen molar-refractivity contribution >= 4 is 0 Å². The van der Waals surface area contributed by atoms with Gasteiger partial charge in [-0.2, -0.15) is 0 Å². The van der Waals surface area contributed by atoms with E-state index in [9.17, 15) is 20.4 Å². The van der Waals surface area contributed by atoms with E-state index in [2.05, 4.69) is 10.2 Å². The van der Waals surface area contributed by atoms with E-state index in [1.165, 1.54) is 6.07 Å². The fourth-order valence-electron chi connectivity index (χ4n) is 2.58. The summed E-state index contributed by atoms with van der Waals surface area (Å²) in [5.74, 6) is 0.788. The molecule has 9 heteroatoms. The third kappa shape index (κ3) is 3.76. The molecule has 1 aliphatic heterocycles. The summed E-state index contributed by atoms with van der Waals surface area (Å²) >= 11 is 0. The summed E-state index contributed by atoms with van der Waals surface area (Å²) in [4.78, 5) is 0. The molecule has 0 spiro atoms. The number of rotatable bonds is 5. The normalized spacial score (nSPS) is 28.6. The van der Waals surface area contributed by atoms with Gasteiger partial charge in [0.1, 0.15) is 30.2 Å². The maximum atomic E-state index is 9.96. The van der Waals surface area contributed by atoms with Crippen molar-refractivity contribution in [3.63, 3.8) is 0 Å². The standard InChI is InChI=1S/C17H20N2O7/c1-24-10-4-2-9(3-5-10)11-6-7-13(19-18-11)26-17-16(23)15(22)14(21)12(8-20)25-17/h2-7,12,14-17,20-23H,8H2,1H3/t12-,14-,15+,16-,17+/m1/s1. The van der Waals surface area contributed by atoms with E-state index in [0.29, 0.717) is 5.69 Å². The number of hydrogen-bond acceptors (Lipinski definition) is 9. The van der Waals surface area contributed by atoms with E-state index in [1.807, 2.05) is 12.1 Å². The monoisotopic (exact) mass is 364 g/mol. The van der Waals surface area contributed by atoms with Gasteiger partial charge in [0.25, 0.3) is 0 Å². The Labute approximate surface area is 149 Å². The van der Waals surface area contributed by atoms with Crippen molar-refractivity contribution in [3.8, 4) is 22.9 Å². The molecule has 0 bridgehead atoms. The summed E-state index contributed by atoms with van der Waals surface area (Å²) in [6.07, 6.45) is -6.82. The van der Waals surface area contributed by atoms with Crippen LogP contribution in [0.15, 0.2) is 36.4 Å². The number of methoxy groups -OCH3 is 1. The lowest BCUT2D eigenvalue weighted by atomic mass is 9.99. The van der Waals surface area contributed by atoms with Crippen molar-refractivity contribution in [2.45, 2.75) is 30.7 Å². The number of aliphatic hydroxyl groups excluding tert-OH is 4. The third-order valence-electron chi connectivity index (χ3n) is 4.11. The maximum absolute atomic E-state index is 9.96. The van der Waals surface area contributed by atoms with E-state index in [4.69, 9.17) is 14.2 Å². The second-order valence-corrected chi connectivity index (χ2v) is 5.80. The van der Waals surface area contributed by atoms with Crippen LogP contribution in [0.2, 0.25) is 0 Å². The molecule has 26 heavy (non-hydrogen) atoms. The van der Waals surface area contributed by atoms with Crippen molar-refractivity contribution in [1.29, 1.82) is 0 Å². The van der Waals surface area contributed by atoms with Crippen molar-refractivity contribution in [1.82, 2.24) is 10.2 Å². The van der Waals surface area contributed by atoms with E-state index in [1.54, 1.807) is 25.3 Å². The summed E-state index contributed by atoms with van der Waals surface area (Å²) in [6, 6.07) is 10.5. The first-order valence-electron chi connectivity index (χ1n) is 7.99. The second kappa shape index (κ2) is 7.94. The minimum Gasteiger partial charge on any atom is -0.497 e. The smallest absolute Gasteiger partial charge is 0.235 e. The van der Waals surface area contributed by atoms with Gasteiger partial charge in [-0.15, -0.1) is 10.2 Å². The number of benzene rings is 1. The molecule has 1 fully saturated rings. The van der Waals surface area contributed by atoms with Gasteiger partial charge in [-0.1, -0.05) is 0 Å². The minimum atomic E-state index is -1.52. The lowest BCUT2D eigenvalue weighted by molar-refractivity contribution is -0.278. The van der Waals surface area contributed by atoms with Gasteiger partial charge in [-0.25, -0.2) is 0 Å². The third-order valence-corrected chi connectivity index (χ3v) is 4.11. The van der Waals surface area contributed by atoms with Crippen molar-refractivity contribution < 1.29 is 34.6 Å². The molecule has 140 valence electrons. The molecular formula is C17H20N2O7. The van der Waals surface area contributed by atoms with E-state index < -0.39 is 37.3 Å². The van der Waals surface area contributed by atoms with Gasteiger partial charge in [-0.3, -0.25) is 0 Å². The van der Waals surface area contributed by atoms with E-state index in [-0.39, 0.29) is 5.88 Å². The molecule has 5 atom stereocenters. The predicted octanol–water partition coefficient (Wildman–Crippen LogP) is -0.669. The van der Waals surface area contributed by atoms with Crippen molar-refractivity contribution in [3.05, 3.63) is 36.4 Å².